The predicted octanol–water partition coefficient (Wildman–Crippen LogP) is 1.76. The summed E-state index contributed by atoms with van der Waals surface area (Å²) in [5.41, 5.74) is 2.36. The van der Waals surface area contributed by atoms with E-state index in [1.807, 2.05) is 0 Å². The predicted molar refractivity (Wildman–Crippen MR) is 76.8 cm³/mol. The number of anilines is 1. The zero-order valence-corrected chi connectivity index (χ0v) is 12.2. The van der Waals surface area contributed by atoms with Crippen LogP contribution in [0.3, 0.4) is 0 Å². The van der Waals surface area contributed by atoms with E-state index in [0.717, 1.165) is 37.6 Å². The summed E-state index contributed by atoms with van der Waals surface area (Å²) in [4.78, 5) is 11.2. The van der Waals surface area contributed by atoms with Crippen molar-refractivity contribution in [1.29, 1.82) is 0 Å². The minimum absolute atomic E-state index is 0.484. The molecule has 0 saturated heterocycles. The molecule has 0 fully saturated rings. The first-order chi connectivity index (χ1) is 9.26. The largest absolute Gasteiger partial charge is 0.467 e. The lowest BCUT2D eigenvalue weighted by molar-refractivity contribution is 0.376. The molecule has 1 aliphatic heterocycles. The molecule has 0 aliphatic carbocycles. The van der Waals surface area contributed by atoms with Crippen molar-refractivity contribution in [2.24, 2.45) is 0 Å². The SMILES string of the molecule is CCCCCN(C)c1nc(OC)nc2c1CNCC2. The third-order valence-electron chi connectivity index (χ3n) is 3.53. The number of methoxy groups -OCH3 is 1. The Hall–Kier alpha value is -1.36. The molecule has 1 N–H and O–H groups in total. The van der Waals surface area contributed by atoms with Crippen molar-refractivity contribution in [1.82, 2.24) is 15.3 Å². The number of nitrogens with one attached hydrogen (secondary N) is 1. The maximum atomic E-state index is 5.23. The normalized spacial score (nSPS) is 14.1. The van der Waals surface area contributed by atoms with Gasteiger partial charge >= 0.3 is 6.01 Å². The van der Waals surface area contributed by atoms with Crippen molar-refractivity contribution >= 4 is 5.82 Å². The van der Waals surface area contributed by atoms with E-state index < -0.39 is 0 Å². The summed E-state index contributed by atoms with van der Waals surface area (Å²) >= 11 is 0. The van der Waals surface area contributed by atoms with Crippen molar-refractivity contribution in [2.75, 3.05) is 32.1 Å². The van der Waals surface area contributed by atoms with Gasteiger partial charge < -0.3 is 15.0 Å². The van der Waals surface area contributed by atoms with Crippen LogP contribution in [0.2, 0.25) is 0 Å². The second kappa shape index (κ2) is 6.70. The molecule has 0 spiro atoms. The monoisotopic (exact) mass is 264 g/mol. The highest BCUT2D eigenvalue weighted by Crippen LogP contribution is 2.25. The fourth-order valence-corrected chi connectivity index (χ4v) is 2.42. The molecule has 0 aromatic carbocycles. The van der Waals surface area contributed by atoms with Gasteiger partial charge in [-0.3, -0.25) is 0 Å². The quantitative estimate of drug-likeness (QED) is 0.793. The highest BCUT2D eigenvalue weighted by Gasteiger charge is 2.20. The Balaban J connectivity index is 2.21. The fraction of sp³-hybridized carbons (Fsp3) is 0.714. The maximum Gasteiger partial charge on any atom is 0.318 e. The summed E-state index contributed by atoms with van der Waals surface area (Å²) in [5, 5.41) is 3.39. The lowest BCUT2D eigenvalue weighted by atomic mass is 10.1. The number of fused-ring (bicyclic) bond motifs is 1. The Morgan fingerprint density at radius 1 is 1.32 bits per heavy atom. The Labute approximate surface area is 115 Å². The Morgan fingerprint density at radius 2 is 2.16 bits per heavy atom. The number of ether oxygens (including phenoxy) is 1. The molecule has 19 heavy (non-hydrogen) atoms. The van der Waals surface area contributed by atoms with Gasteiger partial charge in [-0.1, -0.05) is 19.8 Å². The zero-order chi connectivity index (χ0) is 13.7. The molecule has 2 heterocycles. The van der Waals surface area contributed by atoms with Crippen LogP contribution in [0.15, 0.2) is 0 Å². The average molecular weight is 264 g/mol. The van der Waals surface area contributed by atoms with Gasteiger partial charge in [-0.15, -0.1) is 0 Å². The van der Waals surface area contributed by atoms with Gasteiger partial charge in [0.15, 0.2) is 0 Å². The molecule has 2 rings (SSSR count). The molecule has 106 valence electrons. The van der Waals surface area contributed by atoms with Crippen LogP contribution in [-0.4, -0.2) is 37.2 Å². The van der Waals surface area contributed by atoms with Crippen LogP contribution < -0.4 is 15.0 Å². The van der Waals surface area contributed by atoms with E-state index in [-0.39, 0.29) is 0 Å². The van der Waals surface area contributed by atoms with Crippen molar-refractivity contribution in [3.8, 4) is 6.01 Å². The lowest BCUT2D eigenvalue weighted by Gasteiger charge is -2.25. The molecule has 0 amide bonds. The summed E-state index contributed by atoms with van der Waals surface area (Å²) in [6.07, 6.45) is 4.64. The van der Waals surface area contributed by atoms with Crippen molar-refractivity contribution < 1.29 is 4.74 Å². The Kier molecular flexibility index (Phi) is 4.96. The van der Waals surface area contributed by atoms with Gasteiger partial charge in [0.2, 0.25) is 0 Å². The summed E-state index contributed by atoms with van der Waals surface area (Å²) in [7, 11) is 3.73. The van der Waals surface area contributed by atoms with Gasteiger partial charge in [0.25, 0.3) is 0 Å². The average Bonchev–Trinajstić information content (AvgIpc) is 2.46. The molecule has 0 saturated carbocycles. The first-order valence-electron chi connectivity index (χ1n) is 7.12. The zero-order valence-electron chi connectivity index (χ0n) is 12.2. The van der Waals surface area contributed by atoms with Crippen LogP contribution in [0.25, 0.3) is 0 Å². The molecule has 5 heteroatoms. The number of nitrogens with zero attached hydrogens (tertiary/aromatic N) is 3. The summed E-state index contributed by atoms with van der Waals surface area (Å²) < 4.78 is 5.23. The molecule has 0 radical (unpaired) electrons. The Morgan fingerprint density at radius 3 is 2.89 bits per heavy atom. The van der Waals surface area contributed by atoms with Crippen molar-refractivity contribution in [3.05, 3.63) is 11.3 Å². The summed E-state index contributed by atoms with van der Waals surface area (Å²) in [6.45, 7) is 5.08. The molecule has 0 atom stereocenters. The third-order valence-corrected chi connectivity index (χ3v) is 3.53. The van der Waals surface area contributed by atoms with E-state index in [1.54, 1.807) is 7.11 Å². The second-order valence-corrected chi connectivity index (χ2v) is 5.01. The van der Waals surface area contributed by atoms with Gasteiger partial charge in [0, 0.05) is 38.7 Å². The van der Waals surface area contributed by atoms with E-state index in [4.69, 9.17) is 4.74 Å². The number of unbranched alkanes of at least 4 members (excludes halogenated alkanes) is 2. The molecular formula is C14H24N4O. The van der Waals surface area contributed by atoms with Crippen LogP contribution in [0.5, 0.6) is 6.01 Å². The van der Waals surface area contributed by atoms with Crippen LogP contribution in [-0.2, 0) is 13.0 Å². The molecular weight excluding hydrogens is 240 g/mol. The van der Waals surface area contributed by atoms with E-state index in [1.165, 1.54) is 24.8 Å². The van der Waals surface area contributed by atoms with Gasteiger partial charge in [0.1, 0.15) is 5.82 Å². The minimum Gasteiger partial charge on any atom is -0.467 e. The van der Waals surface area contributed by atoms with Crippen LogP contribution in [0.1, 0.15) is 37.4 Å². The second-order valence-electron chi connectivity index (χ2n) is 5.01. The first kappa shape index (κ1) is 14.1. The summed E-state index contributed by atoms with van der Waals surface area (Å²) in [5.74, 6) is 1.02. The van der Waals surface area contributed by atoms with Crippen LogP contribution >= 0.6 is 0 Å². The molecule has 0 unspecified atom stereocenters. The fourth-order valence-electron chi connectivity index (χ4n) is 2.42. The lowest BCUT2D eigenvalue weighted by Crippen LogP contribution is -2.30. The van der Waals surface area contributed by atoms with E-state index in [9.17, 15) is 0 Å². The smallest absolute Gasteiger partial charge is 0.318 e. The number of hydrogen-bond acceptors (Lipinski definition) is 5. The molecule has 1 aromatic heterocycles. The number of rotatable bonds is 6. The highest BCUT2D eigenvalue weighted by molar-refractivity contribution is 5.50. The van der Waals surface area contributed by atoms with Gasteiger partial charge in [-0.05, 0) is 6.42 Å². The number of hydrogen-bond donors (Lipinski definition) is 1. The number of aromatic nitrogens is 2. The summed E-state index contributed by atoms with van der Waals surface area (Å²) in [6, 6.07) is 0.484. The highest BCUT2D eigenvalue weighted by atomic mass is 16.5. The van der Waals surface area contributed by atoms with Crippen molar-refractivity contribution in [3.63, 3.8) is 0 Å². The van der Waals surface area contributed by atoms with Gasteiger partial charge in [-0.25, -0.2) is 0 Å². The minimum atomic E-state index is 0.484. The van der Waals surface area contributed by atoms with Gasteiger partial charge in [0.05, 0.1) is 12.8 Å². The maximum absolute atomic E-state index is 5.23. The molecule has 1 aromatic rings. The third kappa shape index (κ3) is 3.35. The first-order valence-corrected chi connectivity index (χ1v) is 7.12. The molecule has 0 bridgehead atoms. The Bertz CT molecular complexity index is 422. The topological polar surface area (TPSA) is 50.3 Å². The van der Waals surface area contributed by atoms with E-state index in [0.29, 0.717) is 6.01 Å². The molecule has 1 aliphatic rings. The van der Waals surface area contributed by atoms with Crippen molar-refractivity contribution in [2.45, 2.75) is 39.2 Å². The van der Waals surface area contributed by atoms with Gasteiger partial charge in [-0.2, -0.15) is 9.97 Å². The molecule has 5 nitrogen and oxygen atoms in total. The van der Waals surface area contributed by atoms with Crippen LogP contribution in [0.4, 0.5) is 5.82 Å². The van der Waals surface area contributed by atoms with E-state index in [2.05, 4.69) is 34.2 Å². The standard InChI is InChI=1S/C14H24N4O/c1-4-5-6-9-18(2)13-11-10-15-8-7-12(11)16-14(17-13)19-3/h15H,4-10H2,1-3H3. The van der Waals surface area contributed by atoms with Crippen LogP contribution in [0, 0.1) is 0 Å². The van der Waals surface area contributed by atoms with E-state index >= 15 is 0 Å².